The van der Waals surface area contributed by atoms with Gasteiger partial charge in [0.05, 0.1) is 0 Å². The van der Waals surface area contributed by atoms with Gasteiger partial charge in [-0.25, -0.2) is 0 Å². The second kappa shape index (κ2) is 3.83. The van der Waals surface area contributed by atoms with Crippen LogP contribution in [0.1, 0.15) is 6.92 Å². The first-order chi connectivity index (χ1) is 3.18. The zero-order chi connectivity index (χ0) is 5.86. The topological polar surface area (TPSA) is 0 Å². The van der Waals surface area contributed by atoms with Gasteiger partial charge in [0.2, 0.25) is 0 Å². The van der Waals surface area contributed by atoms with Crippen LogP contribution in [-0.2, 0) is 0 Å². The van der Waals surface area contributed by atoms with Crippen molar-refractivity contribution in [2.24, 2.45) is 0 Å². The van der Waals surface area contributed by atoms with Crippen LogP contribution in [0.2, 0.25) is 4.71 Å². The summed E-state index contributed by atoms with van der Waals surface area (Å²) in [6.07, 6.45) is 1.79. The standard InChI is InChI=1S/C4H7AsCl2/c1-3-4(2)5(6)7/h3-4H,1H2,2H3. The van der Waals surface area contributed by atoms with E-state index in [0.29, 0.717) is 4.71 Å². The van der Waals surface area contributed by atoms with E-state index in [1.807, 2.05) is 6.92 Å². The fraction of sp³-hybridized carbons (Fsp3) is 0.500. The van der Waals surface area contributed by atoms with Crippen molar-refractivity contribution in [2.45, 2.75) is 11.6 Å². The minimum absolute atomic E-state index is 0.343. The average molecular weight is 201 g/mol. The number of allylic oxidation sites excluding steroid dienone is 1. The van der Waals surface area contributed by atoms with E-state index < -0.39 is 12.8 Å². The molecule has 42 valence electrons. The molecule has 0 heterocycles. The van der Waals surface area contributed by atoms with Gasteiger partial charge in [-0.05, 0) is 0 Å². The molecule has 0 aromatic carbocycles. The van der Waals surface area contributed by atoms with Crippen LogP contribution >= 0.6 is 19.9 Å². The number of halogens is 2. The van der Waals surface area contributed by atoms with E-state index in [2.05, 4.69) is 6.58 Å². The summed E-state index contributed by atoms with van der Waals surface area (Å²) in [5, 5.41) is 0. The monoisotopic (exact) mass is 200 g/mol. The Morgan fingerprint density at radius 3 is 2.14 bits per heavy atom. The molecule has 0 aliphatic heterocycles. The Balaban J connectivity index is 3.33. The van der Waals surface area contributed by atoms with Crippen LogP contribution in [0.5, 0.6) is 0 Å². The maximum atomic E-state index is 5.57. The molecule has 0 aromatic rings. The van der Waals surface area contributed by atoms with E-state index >= 15 is 0 Å². The van der Waals surface area contributed by atoms with Gasteiger partial charge in [-0.2, -0.15) is 0 Å². The van der Waals surface area contributed by atoms with Crippen LogP contribution < -0.4 is 0 Å². The molecule has 0 N–H and O–H groups in total. The van der Waals surface area contributed by atoms with Gasteiger partial charge in [0.25, 0.3) is 0 Å². The van der Waals surface area contributed by atoms with Crippen LogP contribution in [0, 0.1) is 0 Å². The molecule has 0 saturated heterocycles. The second-order valence-corrected chi connectivity index (χ2v) is 8.72. The molecule has 0 fully saturated rings. The first-order valence-electron chi connectivity index (χ1n) is 1.92. The van der Waals surface area contributed by atoms with Gasteiger partial charge < -0.3 is 0 Å². The molecular weight excluding hydrogens is 194 g/mol. The normalized spacial score (nSPS) is 14.3. The molecule has 0 spiro atoms. The molecule has 0 aromatic heterocycles. The van der Waals surface area contributed by atoms with Crippen molar-refractivity contribution in [1.29, 1.82) is 0 Å². The molecule has 1 atom stereocenters. The summed E-state index contributed by atoms with van der Waals surface area (Å²) in [5.74, 6) is 0. The summed E-state index contributed by atoms with van der Waals surface area (Å²) in [6.45, 7) is 5.53. The molecule has 7 heavy (non-hydrogen) atoms. The molecule has 0 radical (unpaired) electrons. The molecular formula is C4H7AsCl2. The third-order valence-corrected chi connectivity index (χ3v) is 5.58. The van der Waals surface area contributed by atoms with Crippen molar-refractivity contribution in [2.75, 3.05) is 0 Å². The van der Waals surface area contributed by atoms with Crippen LogP contribution in [0.4, 0.5) is 0 Å². The number of rotatable bonds is 2. The fourth-order valence-electron chi connectivity index (χ4n) is 0.0797. The Bertz CT molecular complexity index is 62.7. The first-order valence-corrected chi connectivity index (χ1v) is 7.93. The summed E-state index contributed by atoms with van der Waals surface area (Å²) in [4.78, 5) is 0. The van der Waals surface area contributed by atoms with Crippen LogP contribution in [0.25, 0.3) is 0 Å². The van der Waals surface area contributed by atoms with Gasteiger partial charge in [-0.15, -0.1) is 0 Å². The maximum absolute atomic E-state index is 5.57. The Morgan fingerprint density at radius 2 is 2.14 bits per heavy atom. The Morgan fingerprint density at radius 1 is 1.71 bits per heavy atom. The SMILES string of the molecule is C=CC(C)[As](Cl)Cl. The molecule has 0 aliphatic carbocycles. The van der Waals surface area contributed by atoms with Crippen molar-refractivity contribution in [3.05, 3.63) is 12.7 Å². The summed E-state index contributed by atoms with van der Waals surface area (Å²) >= 11 is -1.49. The number of hydrogen-bond donors (Lipinski definition) is 0. The van der Waals surface area contributed by atoms with Gasteiger partial charge in [0, 0.05) is 0 Å². The van der Waals surface area contributed by atoms with Gasteiger partial charge >= 0.3 is 57.0 Å². The molecule has 0 nitrogen and oxygen atoms in total. The zero-order valence-electron chi connectivity index (χ0n) is 4.06. The Hall–Kier alpha value is 0.878. The van der Waals surface area contributed by atoms with E-state index in [1.54, 1.807) is 6.08 Å². The molecule has 0 aliphatic rings. The molecule has 0 bridgehead atoms. The Labute approximate surface area is 57.1 Å². The third-order valence-electron chi connectivity index (χ3n) is 0.649. The number of hydrogen-bond acceptors (Lipinski definition) is 0. The van der Waals surface area contributed by atoms with Crippen molar-refractivity contribution >= 4 is 32.7 Å². The van der Waals surface area contributed by atoms with Gasteiger partial charge in [0.15, 0.2) is 0 Å². The molecule has 1 unspecified atom stereocenters. The van der Waals surface area contributed by atoms with Gasteiger partial charge in [-0.1, -0.05) is 0 Å². The minimum atomic E-state index is -1.49. The fourth-order valence-corrected chi connectivity index (χ4v) is 1.24. The predicted octanol–water partition coefficient (Wildman–Crippen LogP) is 2.53. The van der Waals surface area contributed by atoms with E-state index in [0.717, 1.165) is 0 Å². The first kappa shape index (κ1) is 7.88. The third kappa shape index (κ3) is 3.46. The van der Waals surface area contributed by atoms with Crippen LogP contribution in [0.3, 0.4) is 0 Å². The second-order valence-electron chi connectivity index (χ2n) is 1.24. The van der Waals surface area contributed by atoms with Gasteiger partial charge in [0.1, 0.15) is 0 Å². The summed E-state index contributed by atoms with van der Waals surface area (Å²) in [5.41, 5.74) is 0. The van der Waals surface area contributed by atoms with Gasteiger partial charge in [-0.3, -0.25) is 0 Å². The van der Waals surface area contributed by atoms with E-state index in [1.165, 1.54) is 0 Å². The summed E-state index contributed by atoms with van der Waals surface area (Å²) in [7, 11) is 11.1. The molecule has 0 saturated carbocycles. The van der Waals surface area contributed by atoms with E-state index in [-0.39, 0.29) is 0 Å². The van der Waals surface area contributed by atoms with Crippen molar-refractivity contribution in [3.8, 4) is 0 Å². The van der Waals surface area contributed by atoms with Crippen LogP contribution in [0.15, 0.2) is 12.7 Å². The van der Waals surface area contributed by atoms with E-state index in [4.69, 9.17) is 19.9 Å². The van der Waals surface area contributed by atoms with Crippen LogP contribution in [-0.4, -0.2) is 12.8 Å². The molecule has 3 heteroatoms. The van der Waals surface area contributed by atoms with Crippen molar-refractivity contribution in [1.82, 2.24) is 0 Å². The Kier molecular flexibility index (Phi) is 4.31. The molecule has 0 amide bonds. The summed E-state index contributed by atoms with van der Waals surface area (Å²) < 4.78 is 0.343. The average Bonchev–Trinajstić information content (AvgIpc) is 1.65. The van der Waals surface area contributed by atoms with Crippen molar-refractivity contribution in [3.63, 3.8) is 0 Å². The molecule has 0 rings (SSSR count). The quantitative estimate of drug-likeness (QED) is 0.475. The zero-order valence-corrected chi connectivity index (χ0v) is 7.45. The summed E-state index contributed by atoms with van der Waals surface area (Å²) in [6, 6.07) is 0. The van der Waals surface area contributed by atoms with E-state index in [9.17, 15) is 0 Å². The van der Waals surface area contributed by atoms with Crippen molar-refractivity contribution < 1.29 is 0 Å². The predicted molar refractivity (Wildman–Crippen MR) is 37.1 cm³/mol.